The van der Waals surface area contributed by atoms with Gasteiger partial charge in [-0.25, -0.2) is 0 Å². The Morgan fingerprint density at radius 2 is 1.67 bits per heavy atom. The van der Waals surface area contributed by atoms with Crippen LogP contribution in [0.1, 0.15) is 5.56 Å². The number of amides is 1. The second kappa shape index (κ2) is 8.14. The highest BCUT2D eigenvalue weighted by Crippen LogP contribution is 2.27. The van der Waals surface area contributed by atoms with Crippen molar-refractivity contribution in [3.8, 4) is 16.9 Å². The molecule has 1 amide bonds. The summed E-state index contributed by atoms with van der Waals surface area (Å²) in [5.41, 5.74) is 3.35. The number of carbonyl (C=O) groups excluding carboxylic acids is 1. The first kappa shape index (κ1) is 18.1. The number of ether oxygens (including phenoxy) is 1. The molecule has 6 heteroatoms. The second-order valence-electron chi connectivity index (χ2n) is 6.01. The molecule has 0 saturated heterocycles. The third-order valence-corrected chi connectivity index (χ3v) is 3.95. The lowest BCUT2D eigenvalue weighted by atomic mass is 10.1. The molecule has 0 aliphatic rings. The molecule has 0 unspecified atom stereocenters. The Balaban J connectivity index is 1.61. The Bertz CT molecular complexity index is 954. The highest BCUT2D eigenvalue weighted by Gasteiger charge is 2.16. The summed E-state index contributed by atoms with van der Waals surface area (Å²) < 4.78 is 5.33. The Hall–Kier alpha value is -3.67. The summed E-state index contributed by atoms with van der Waals surface area (Å²) in [6.07, 6.45) is 0. The van der Waals surface area contributed by atoms with E-state index < -0.39 is 10.8 Å². The number of nitro benzene ring substituents is 1. The Morgan fingerprint density at radius 3 is 2.33 bits per heavy atom. The van der Waals surface area contributed by atoms with Crippen molar-refractivity contribution < 1.29 is 14.5 Å². The molecule has 0 fully saturated rings. The predicted molar refractivity (Wildman–Crippen MR) is 104 cm³/mol. The summed E-state index contributed by atoms with van der Waals surface area (Å²) in [5.74, 6) is -0.322. The molecule has 3 aromatic carbocycles. The number of anilines is 1. The minimum Gasteiger partial charge on any atom is -0.477 e. The van der Waals surface area contributed by atoms with E-state index >= 15 is 0 Å². The first-order valence-corrected chi connectivity index (χ1v) is 8.36. The number of benzene rings is 3. The zero-order valence-corrected chi connectivity index (χ0v) is 14.7. The lowest BCUT2D eigenvalue weighted by Crippen LogP contribution is -2.20. The van der Waals surface area contributed by atoms with E-state index in [9.17, 15) is 14.9 Å². The van der Waals surface area contributed by atoms with E-state index in [4.69, 9.17) is 4.74 Å². The smallest absolute Gasteiger partial charge is 0.311 e. The number of carbonyl (C=O) groups is 1. The van der Waals surface area contributed by atoms with Crippen LogP contribution < -0.4 is 10.1 Å². The number of hydrogen-bond acceptors (Lipinski definition) is 4. The molecular formula is C21H18N2O4. The highest BCUT2D eigenvalue weighted by molar-refractivity contribution is 5.92. The first-order chi connectivity index (χ1) is 13.0. The van der Waals surface area contributed by atoms with Gasteiger partial charge in [-0.3, -0.25) is 14.9 Å². The van der Waals surface area contributed by atoms with Gasteiger partial charge in [0.2, 0.25) is 0 Å². The quantitative estimate of drug-likeness (QED) is 0.514. The van der Waals surface area contributed by atoms with Crippen LogP contribution >= 0.6 is 0 Å². The number of rotatable bonds is 6. The summed E-state index contributed by atoms with van der Waals surface area (Å²) in [6.45, 7) is 1.44. The van der Waals surface area contributed by atoms with Crippen molar-refractivity contribution in [2.24, 2.45) is 0 Å². The standard InChI is InChI=1S/C21H18N2O4/c1-15-7-12-20(19(13-15)23(25)26)27-14-21(24)22-18-10-8-17(9-11-18)16-5-3-2-4-6-16/h2-13H,14H2,1H3,(H,22,24). The third-order valence-electron chi connectivity index (χ3n) is 3.95. The van der Waals surface area contributed by atoms with Crippen LogP contribution in [0.2, 0.25) is 0 Å². The third kappa shape index (κ3) is 4.70. The average molecular weight is 362 g/mol. The fraction of sp³-hybridized carbons (Fsp3) is 0.0952. The molecule has 0 spiro atoms. The van der Waals surface area contributed by atoms with Gasteiger partial charge in [-0.15, -0.1) is 0 Å². The van der Waals surface area contributed by atoms with E-state index in [2.05, 4.69) is 5.32 Å². The molecule has 27 heavy (non-hydrogen) atoms. The van der Waals surface area contributed by atoms with Gasteiger partial charge >= 0.3 is 5.69 Å². The topological polar surface area (TPSA) is 81.5 Å². The lowest BCUT2D eigenvalue weighted by molar-refractivity contribution is -0.385. The van der Waals surface area contributed by atoms with Gasteiger partial charge in [-0.2, -0.15) is 0 Å². The van der Waals surface area contributed by atoms with Gasteiger partial charge in [-0.05, 0) is 41.8 Å². The minimum atomic E-state index is -0.525. The van der Waals surface area contributed by atoms with Gasteiger partial charge in [0.05, 0.1) is 4.92 Å². The Labute approximate surface area is 156 Å². The fourth-order valence-corrected chi connectivity index (χ4v) is 2.61. The van der Waals surface area contributed by atoms with Crippen LogP contribution in [0.25, 0.3) is 11.1 Å². The van der Waals surface area contributed by atoms with E-state index in [1.54, 1.807) is 25.1 Å². The van der Waals surface area contributed by atoms with Gasteiger partial charge in [0.15, 0.2) is 12.4 Å². The van der Waals surface area contributed by atoms with Gasteiger partial charge < -0.3 is 10.1 Å². The maximum Gasteiger partial charge on any atom is 0.311 e. The average Bonchev–Trinajstić information content (AvgIpc) is 2.68. The van der Waals surface area contributed by atoms with Crippen LogP contribution in [-0.4, -0.2) is 17.4 Å². The molecule has 0 heterocycles. The van der Waals surface area contributed by atoms with Crippen molar-refractivity contribution >= 4 is 17.3 Å². The van der Waals surface area contributed by atoms with Crippen molar-refractivity contribution in [2.45, 2.75) is 6.92 Å². The Kier molecular flexibility index (Phi) is 5.47. The number of aryl methyl sites for hydroxylation is 1. The molecule has 3 rings (SSSR count). The molecule has 0 atom stereocenters. The van der Waals surface area contributed by atoms with Crippen LogP contribution in [0.5, 0.6) is 5.75 Å². The van der Waals surface area contributed by atoms with Gasteiger partial charge in [0.1, 0.15) is 0 Å². The maximum atomic E-state index is 12.1. The molecule has 0 bridgehead atoms. The molecule has 1 N–H and O–H groups in total. The summed E-state index contributed by atoms with van der Waals surface area (Å²) in [7, 11) is 0. The molecule has 0 radical (unpaired) electrons. The van der Waals surface area contributed by atoms with Crippen LogP contribution in [0, 0.1) is 17.0 Å². The molecule has 0 aromatic heterocycles. The summed E-state index contributed by atoms with van der Waals surface area (Å²) in [6, 6.07) is 21.9. The molecule has 0 aliphatic heterocycles. The monoisotopic (exact) mass is 362 g/mol. The largest absolute Gasteiger partial charge is 0.477 e. The van der Waals surface area contributed by atoms with Crippen molar-refractivity contribution in [3.05, 3.63) is 88.5 Å². The number of nitrogens with one attached hydrogen (secondary N) is 1. The molecule has 3 aromatic rings. The lowest BCUT2D eigenvalue weighted by Gasteiger charge is -2.09. The summed E-state index contributed by atoms with van der Waals surface area (Å²) in [4.78, 5) is 22.6. The summed E-state index contributed by atoms with van der Waals surface area (Å²) >= 11 is 0. The van der Waals surface area contributed by atoms with Crippen molar-refractivity contribution in [3.63, 3.8) is 0 Å². The predicted octanol–water partition coefficient (Wildman–Crippen LogP) is 4.59. The zero-order chi connectivity index (χ0) is 19.2. The minimum absolute atomic E-state index is 0.0696. The Morgan fingerprint density at radius 1 is 1.00 bits per heavy atom. The van der Waals surface area contributed by atoms with E-state index in [-0.39, 0.29) is 18.0 Å². The number of nitro groups is 1. The summed E-state index contributed by atoms with van der Waals surface area (Å²) in [5, 5.41) is 13.8. The van der Waals surface area contributed by atoms with E-state index in [0.29, 0.717) is 5.69 Å². The zero-order valence-electron chi connectivity index (χ0n) is 14.7. The molecule has 136 valence electrons. The van der Waals surface area contributed by atoms with Crippen LogP contribution in [0.3, 0.4) is 0 Å². The molecule has 0 aliphatic carbocycles. The van der Waals surface area contributed by atoms with Crippen LogP contribution in [0.4, 0.5) is 11.4 Å². The molecular weight excluding hydrogens is 344 g/mol. The van der Waals surface area contributed by atoms with Crippen molar-refractivity contribution in [1.29, 1.82) is 0 Å². The fourth-order valence-electron chi connectivity index (χ4n) is 2.61. The van der Waals surface area contributed by atoms with Gasteiger partial charge in [0, 0.05) is 11.8 Å². The van der Waals surface area contributed by atoms with Crippen LogP contribution in [0.15, 0.2) is 72.8 Å². The van der Waals surface area contributed by atoms with Crippen molar-refractivity contribution in [2.75, 3.05) is 11.9 Å². The SMILES string of the molecule is Cc1ccc(OCC(=O)Nc2ccc(-c3ccccc3)cc2)c([N+](=O)[O-])c1. The maximum absolute atomic E-state index is 12.1. The van der Waals surface area contributed by atoms with Crippen LogP contribution in [-0.2, 0) is 4.79 Å². The molecule has 0 saturated carbocycles. The number of hydrogen-bond donors (Lipinski definition) is 1. The number of nitrogens with zero attached hydrogens (tertiary/aromatic N) is 1. The highest BCUT2D eigenvalue weighted by atomic mass is 16.6. The first-order valence-electron chi connectivity index (χ1n) is 8.36. The van der Waals surface area contributed by atoms with E-state index in [1.807, 2.05) is 42.5 Å². The van der Waals surface area contributed by atoms with Crippen molar-refractivity contribution in [1.82, 2.24) is 0 Å². The van der Waals surface area contributed by atoms with E-state index in [1.165, 1.54) is 12.1 Å². The van der Waals surface area contributed by atoms with Gasteiger partial charge in [0.25, 0.3) is 5.91 Å². The van der Waals surface area contributed by atoms with E-state index in [0.717, 1.165) is 16.7 Å². The second-order valence-corrected chi connectivity index (χ2v) is 6.01. The normalized spacial score (nSPS) is 10.3. The molecule has 6 nitrogen and oxygen atoms in total. The van der Waals surface area contributed by atoms with Gasteiger partial charge in [-0.1, -0.05) is 48.5 Å².